The van der Waals surface area contributed by atoms with Gasteiger partial charge in [-0.15, -0.1) is 11.6 Å². The number of benzene rings is 1. The molecule has 0 saturated heterocycles. The van der Waals surface area contributed by atoms with Gasteiger partial charge in [0.15, 0.2) is 5.78 Å². The Balaban J connectivity index is 1.80. The highest BCUT2D eigenvalue weighted by Crippen LogP contribution is 2.18. The summed E-state index contributed by atoms with van der Waals surface area (Å²) >= 11 is 5.77. The Bertz CT molecular complexity index is 471. The zero-order chi connectivity index (χ0) is 13.5. The van der Waals surface area contributed by atoms with E-state index in [4.69, 9.17) is 11.6 Å². The number of rotatable bonds is 5. The summed E-state index contributed by atoms with van der Waals surface area (Å²) in [5, 5.41) is 0. The molecule has 1 atom stereocenters. The molecule has 0 N–H and O–H groups in total. The van der Waals surface area contributed by atoms with Crippen LogP contribution in [0.2, 0.25) is 0 Å². The van der Waals surface area contributed by atoms with Crippen LogP contribution in [0.5, 0.6) is 0 Å². The van der Waals surface area contributed by atoms with Gasteiger partial charge in [0.2, 0.25) is 0 Å². The number of hydrogen-bond donors (Lipinski definition) is 0. The third-order valence-electron chi connectivity index (χ3n) is 3.53. The largest absolute Gasteiger partial charge is 0.295 e. The van der Waals surface area contributed by atoms with E-state index in [-0.39, 0.29) is 11.7 Å². The first kappa shape index (κ1) is 14.1. The highest BCUT2D eigenvalue weighted by Gasteiger charge is 2.15. The Morgan fingerprint density at radius 2 is 1.84 bits per heavy atom. The molecule has 19 heavy (non-hydrogen) atoms. The van der Waals surface area contributed by atoms with Crippen LogP contribution < -0.4 is 0 Å². The summed E-state index contributed by atoms with van der Waals surface area (Å²) in [5.41, 5.74) is 2.47. The summed E-state index contributed by atoms with van der Waals surface area (Å²) in [5.74, 6) is 0.995. The van der Waals surface area contributed by atoms with E-state index < -0.39 is 0 Å². The smallest absolute Gasteiger partial charge is 0.159 e. The van der Waals surface area contributed by atoms with Crippen molar-refractivity contribution >= 4 is 17.4 Å². The van der Waals surface area contributed by atoms with E-state index >= 15 is 0 Å². The molecular weight excluding hydrogens is 256 g/mol. The van der Waals surface area contributed by atoms with Crippen molar-refractivity contribution in [1.29, 1.82) is 0 Å². The fourth-order valence-corrected chi connectivity index (χ4v) is 2.51. The lowest BCUT2D eigenvalue weighted by molar-refractivity contribution is -0.118. The van der Waals surface area contributed by atoms with E-state index in [1.165, 1.54) is 5.56 Å². The van der Waals surface area contributed by atoms with Crippen molar-refractivity contribution in [1.82, 2.24) is 0 Å². The van der Waals surface area contributed by atoms with Crippen LogP contribution in [-0.4, -0.2) is 5.78 Å². The Hall–Kier alpha value is -1.34. The molecule has 1 aliphatic carbocycles. The molecule has 0 aromatic heterocycles. The van der Waals surface area contributed by atoms with Gasteiger partial charge < -0.3 is 0 Å². The molecule has 100 valence electrons. The second kappa shape index (κ2) is 7.30. The number of hydrogen-bond acceptors (Lipinski definition) is 1. The predicted molar refractivity (Wildman–Crippen MR) is 80.3 cm³/mol. The number of allylic oxidation sites excluding steroid dienone is 4. The van der Waals surface area contributed by atoms with E-state index in [0.29, 0.717) is 5.88 Å². The van der Waals surface area contributed by atoms with Gasteiger partial charge in [-0.25, -0.2) is 0 Å². The SMILES string of the molecule is O=C1C=CC=CCC1CCCc1ccc(CCl)cc1. The topological polar surface area (TPSA) is 17.1 Å². The normalized spacial score (nSPS) is 18.6. The Morgan fingerprint density at radius 3 is 2.58 bits per heavy atom. The Morgan fingerprint density at radius 1 is 1.11 bits per heavy atom. The second-order valence-corrected chi connectivity index (χ2v) is 5.23. The maximum absolute atomic E-state index is 11.8. The van der Waals surface area contributed by atoms with E-state index in [1.807, 2.05) is 12.2 Å². The van der Waals surface area contributed by atoms with Crippen molar-refractivity contribution in [3.63, 3.8) is 0 Å². The summed E-state index contributed by atoms with van der Waals surface area (Å²) < 4.78 is 0. The molecule has 0 saturated carbocycles. The van der Waals surface area contributed by atoms with Crippen molar-refractivity contribution in [2.24, 2.45) is 5.92 Å². The van der Waals surface area contributed by atoms with Crippen LogP contribution in [0, 0.1) is 5.92 Å². The average Bonchev–Trinajstić information content (AvgIpc) is 2.65. The fourth-order valence-electron chi connectivity index (χ4n) is 2.33. The van der Waals surface area contributed by atoms with Crippen molar-refractivity contribution in [3.05, 3.63) is 59.7 Å². The quantitative estimate of drug-likeness (QED) is 0.725. The second-order valence-electron chi connectivity index (χ2n) is 4.96. The maximum Gasteiger partial charge on any atom is 0.159 e. The van der Waals surface area contributed by atoms with Gasteiger partial charge in [0.1, 0.15) is 0 Å². The number of alkyl halides is 1. The van der Waals surface area contributed by atoms with Gasteiger partial charge in [0, 0.05) is 11.8 Å². The van der Waals surface area contributed by atoms with Crippen LogP contribution in [-0.2, 0) is 17.1 Å². The number of ketones is 1. The first-order chi connectivity index (χ1) is 9.29. The molecule has 1 aliphatic rings. The molecule has 0 fully saturated rings. The molecule has 0 amide bonds. The third kappa shape index (κ3) is 4.36. The Labute approximate surface area is 120 Å². The molecule has 1 nitrogen and oxygen atoms in total. The minimum atomic E-state index is 0.164. The van der Waals surface area contributed by atoms with Gasteiger partial charge in [-0.1, -0.05) is 42.5 Å². The first-order valence-electron chi connectivity index (χ1n) is 6.80. The predicted octanol–water partition coefficient (Wildman–Crippen LogP) is 4.45. The fraction of sp³-hybridized carbons (Fsp3) is 0.353. The molecule has 1 aromatic rings. The average molecular weight is 275 g/mol. The lowest BCUT2D eigenvalue weighted by atomic mass is 9.93. The molecule has 2 heteroatoms. The molecule has 2 rings (SSSR count). The summed E-state index contributed by atoms with van der Waals surface area (Å²) in [6, 6.07) is 8.41. The standard InChI is InChI=1S/C17H19ClO/c18-13-15-11-9-14(10-12-15)5-4-7-16-6-2-1-3-8-17(16)19/h1-3,8-12,16H,4-7,13H2. The number of carbonyl (C=O) groups excluding carboxylic acids is 1. The van der Waals surface area contributed by atoms with Gasteiger partial charge in [-0.3, -0.25) is 4.79 Å². The summed E-state index contributed by atoms with van der Waals surface area (Å²) in [6.45, 7) is 0. The van der Waals surface area contributed by atoms with E-state index in [2.05, 4.69) is 30.3 Å². The number of carbonyl (C=O) groups is 1. The van der Waals surface area contributed by atoms with Crippen LogP contribution in [0.15, 0.2) is 48.6 Å². The van der Waals surface area contributed by atoms with Gasteiger partial charge in [-0.2, -0.15) is 0 Å². The van der Waals surface area contributed by atoms with Gasteiger partial charge >= 0.3 is 0 Å². The van der Waals surface area contributed by atoms with Crippen molar-refractivity contribution < 1.29 is 4.79 Å². The van der Waals surface area contributed by atoms with Crippen LogP contribution in [0.4, 0.5) is 0 Å². The lowest BCUT2D eigenvalue weighted by Crippen LogP contribution is -2.10. The first-order valence-corrected chi connectivity index (χ1v) is 7.34. The molecule has 1 aromatic carbocycles. The van der Waals surface area contributed by atoms with Gasteiger partial charge in [0.25, 0.3) is 0 Å². The highest BCUT2D eigenvalue weighted by atomic mass is 35.5. The zero-order valence-electron chi connectivity index (χ0n) is 11.0. The van der Waals surface area contributed by atoms with E-state index in [0.717, 1.165) is 31.2 Å². The number of aryl methyl sites for hydroxylation is 1. The summed E-state index contributed by atoms with van der Waals surface area (Å²) in [4.78, 5) is 11.8. The highest BCUT2D eigenvalue weighted by molar-refractivity contribution is 6.17. The van der Waals surface area contributed by atoms with Crippen LogP contribution in [0.25, 0.3) is 0 Å². The van der Waals surface area contributed by atoms with Crippen molar-refractivity contribution in [3.8, 4) is 0 Å². The Kier molecular flexibility index (Phi) is 5.41. The van der Waals surface area contributed by atoms with Gasteiger partial charge in [-0.05, 0) is 42.9 Å². The number of halogens is 1. The van der Waals surface area contributed by atoms with E-state index in [9.17, 15) is 4.79 Å². The third-order valence-corrected chi connectivity index (χ3v) is 3.83. The molecule has 0 spiro atoms. The summed E-state index contributed by atoms with van der Waals surface area (Å²) in [6.07, 6.45) is 11.5. The van der Waals surface area contributed by atoms with Crippen LogP contribution in [0.3, 0.4) is 0 Å². The minimum Gasteiger partial charge on any atom is -0.295 e. The molecule has 0 heterocycles. The monoisotopic (exact) mass is 274 g/mol. The van der Waals surface area contributed by atoms with Crippen LogP contribution in [0.1, 0.15) is 30.4 Å². The zero-order valence-corrected chi connectivity index (χ0v) is 11.8. The van der Waals surface area contributed by atoms with Crippen molar-refractivity contribution in [2.75, 3.05) is 0 Å². The van der Waals surface area contributed by atoms with Gasteiger partial charge in [0.05, 0.1) is 0 Å². The minimum absolute atomic E-state index is 0.164. The van der Waals surface area contributed by atoms with E-state index in [1.54, 1.807) is 6.08 Å². The molecule has 1 unspecified atom stereocenters. The lowest BCUT2D eigenvalue weighted by Gasteiger charge is -2.10. The van der Waals surface area contributed by atoms with Crippen molar-refractivity contribution in [2.45, 2.75) is 31.6 Å². The summed E-state index contributed by atoms with van der Waals surface area (Å²) in [7, 11) is 0. The molecule has 0 radical (unpaired) electrons. The van der Waals surface area contributed by atoms with Crippen LogP contribution >= 0.6 is 11.6 Å². The molecule has 0 aliphatic heterocycles. The molecule has 0 bridgehead atoms. The maximum atomic E-state index is 11.8. The molecular formula is C17H19ClO.